The van der Waals surface area contributed by atoms with Crippen LogP contribution < -0.4 is 9.88 Å². The number of hydrogen-bond donors (Lipinski definition) is 0. The molecule has 2 aliphatic rings. The lowest BCUT2D eigenvalue weighted by Crippen LogP contribution is -2.50. The number of anilines is 1. The third kappa shape index (κ3) is 2.81. The van der Waals surface area contributed by atoms with Gasteiger partial charge in [-0.15, -0.1) is 0 Å². The van der Waals surface area contributed by atoms with E-state index in [0.717, 1.165) is 31.7 Å². The van der Waals surface area contributed by atoms with Crippen molar-refractivity contribution < 1.29 is 19.0 Å². The molecule has 1 aliphatic heterocycles. The average Bonchev–Trinajstić information content (AvgIpc) is 3.00. The van der Waals surface area contributed by atoms with Crippen LogP contribution in [-0.2, 0) is 6.42 Å². The Bertz CT molecular complexity index is 805. The summed E-state index contributed by atoms with van der Waals surface area (Å²) >= 11 is 0. The van der Waals surface area contributed by atoms with Crippen LogP contribution in [0.15, 0.2) is 28.8 Å². The Morgan fingerprint density at radius 2 is 1.96 bits per heavy atom. The molecule has 2 aromatic heterocycles. The number of Topliss-reactive ketones (excluding diaryl/α,β-unsaturated/α-hetero) is 1. The Kier molecular flexibility index (Phi) is 4.03. The van der Waals surface area contributed by atoms with Gasteiger partial charge in [0, 0.05) is 24.5 Å². The van der Waals surface area contributed by atoms with E-state index in [-0.39, 0.29) is 11.7 Å². The summed E-state index contributed by atoms with van der Waals surface area (Å²) in [4.78, 5) is 32.3. The molecule has 4 rings (SSSR count). The lowest BCUT2D eigenvalue weighted by molar-refractivity contribution is -0.364. The SMILES string of the molecule is Cc1c(C(=O)N2CCN(c3cccc[nH+]3)CC2)oc2c1C(=O)CCC2. The fourth-order valence-electron chi connectivity index (χ4n) is 3.73. The summed E-state index contributed by atoms with van der Waals surface area (Å²) < 4.78 is 5.80. The van der Waals surface area contributed by atoms with Crippen LogP contribution in [0.1, 0.15) is 45.1 Å². The number of ketones is 1. The maximum Gasteiger partial charge on any atom is 0.290 e. The number of piperazine rings is 1. The zero-order valence-electron chi connectivity index (χ0n) is 14.4. The molecular weight excluding hydrogens is 318 g/mol. The van der Waals surface area contributed by atoms with Crippen molar-refractivity contribution in [3.05, 3.63) is 47.0 Å². The van der Waals surface area contributed by atoms with Gasteiger partial charge < -0.3 is 9.32 Å². The molecule has 1 amide bonds. The molecule has 0 bridgehead atoms. The molecule has 6 nitrogen and oxygen atoms in total. The lowest BCUT2D eigenvalue weighted by Gasteiger charge is -2.30. The summed E-state index contributed by atoms with van der Waals surface area (Å²) in [6.45, 7) is 4.64. The van der Waals surface area contributed by atoms with Gasteiger partial charge in [-0.1, -0.05) is 6.07 Å². The van der Waals surface area contributed by atoms with Crippen molar-refractivity contribution in [3.8, 4) is 0 Å². The summed E-state index contributed by atoms with van der Waals surface area (Å²) in [5.74, 6) is 2.10. The van der Waals surface area contributed by atoms with E-state index in [1.165, 1.54) is 0 Å². The van der Waals surface area contributed by atoms with E-state index in [2.05, 4.69) is 9.88 Å². The Morgan fingerprint density at radius 3 is 2.64 bits per heavy atom. The summed E-state index contributed by atoms with van der Waals surface area (Å²) in [7, 11) is 0. The van der Waals surface area contributed by atoms with Gasteiger partial charge in [0.1, 0.15) is 18.8 Å². The second-order valence-corrected chi connectivity index (χ2v) is 6.66. The normalized spacial score (nSPS) is 17.6. The van der Waals surface area contributed by atoms with Crippen LogP contribution >= 0.6 is 0 Å². The van der Waals surface area contributed by atoms with Crippen molar-refractivity contribution in [2.24, 2.45) is 0 Å². The number of nitrogens with zero attached hydrogens (tertiary/aromatic N) is 2. The highest BCUT2D eigenvalue weighted by Gasteiger charge is 2.33. The minimum Gasteiger partial charge on any atom is -0.455 e. The molecule has 1 aliphatic carbocycles. The van der Waals surface area contributed by atoms with Crippen LogP contribution in [0.5, 0.6) is 0 Å². The smallest absolute Gasteiger partial charge is 0.290 e. The number of fused-ring (bicyclic) bond motifs is 1. The predicted molar refractivity (Wildman–Crippen MR) is 91.8 cm³/mol. The standard InChI is InChI=1S/C19H21N3O3/c1-13-17-14(23)5-4-6-15(17)25-18(13)19(24)22-11-9-21(10-12-22)16-7-2-3-8-20-16/h2-3,7-8H,4-6,9-12H2,1H3/p+1. The number of H-pyrrole nitrogens is 1. The first-order valence-electron chi connectivity index (χ1n) is 8.81. The molecule has 2 aromatic rings. The molecule has 0 atom stereocenters. The number of aromatic nitrogens is 1. The van der Waals surface area contributed by atoms with Crippen LogP contribution in [0.25, 0.3) is 0 Å². The number of aryl methyl sites for hydroxylation is 1. The van der Waals surface area contributed by atoms with Crippen LogP contribution in [0.4, 0.5) is 5.82 Å². The average molecular weight is 340 g/mol. The second kappa shape index (κ2) is 6.35. The van der Waals surface area contributed by atoms with E-state index < -0.39 is 0 Å². The van der Waals surface area contributed by atoms with E-state index in [9.17, 15) is 9.59 Å². The van der Waals surface area contributed by atoms with Gasteiger partial charge in [-0.3, -0.25) is 14.5 Å². The fraction of sp³-hybridized carbons (Fsp3) is 0.421. The molecule has 1 N–H and O–H groups in total. The van der Waals surface area contributed by atoms with Crippen molar-refractivity contribution in [2.45, 2.75) is 26.2 Å². The summed E-state index contributed by atoms with van der Waals surface area (Å²) in [5, 5.41) is 0. The number of rotatable bonds is 2. The van der Waals surface area contributed by atoms with Gasteiger partial charge in [0.15, 0.2) is 11.5 Å². The molecule has 130 valence electrons. The van der Waals surface area contributed by atoms with Crippen molar-refractivity contribution in [2.75, 3.05) is 31.1 Å². The minimum absolute atomic E-state index is 0.101. The number of amides is 1. The maximum atomic E-state index is 12.9. The molecule has 0 spiro atoms. The highest BCUT2D eigenvalue weighted by Crippen LogP contribution is 2.30. The van der Waals surface area contributed by atoms with Crippen molar-refractivity contribution in [1.29, 1.82) is 0 Å². The summed E-state index contributed by atoms with van der Waals surface area (Å²) in [6.07, 6.45) is 4.00. The number of carbonyl (C=O) groups excluding carboxylic acids is 2. The molecule has 1 saturated heterocycles. The quantitative estimate of drug-likeness (QED) is 0.837. The zero-order valence-corrected chi connectivity index (χ0v) is 14.4. The molecule has 0 unspecified atom stereocenters. The Morgan fingerprint density at radius 1 is 1.16 bits per heavy atom. The first-order valence-corrected chi connectivity index (χ1v) is 8.81. The van der Waals surface area contributed by atoms with E-state index in [4.69, 9.17) is 4.42 Å². The second-order valence-electron chi connectivity index (χ2n) is 6.66. The predicted octanol–water partition coefficient (Wildman–Crippen LogP) is 1.88. The van der Waals surface area contributed by atoms with Crippen molar-refractivity contribution in [1.82, 2.24) is 4.90 Å². The Balaban J connectivity index is 1.49. The highest BCUT2D eigenvalue weighted by molar-refractivity contribution is 6.03. The van der Waals surface area contributed by atoms with Gasteiger partial charge in [0.25, 0.3) is 11.7 Å². The van der Waals surface area contributed by atoms with Gasteiger partial charge in [-0.25, -0.2) is 4.98 Å². The summed E-state index contributed by atoms with van der Waals surface area (Å²) in [5.41, 5.74) is 1.36. The number of furan rings is 1. The van der Waals surface area contributed by atoms with E-state index in [0.29, 0.717) is 42.2 Å². The van der Waals surface area contributed by atoms with Crippen molar-refractivity contribution in [3.63, 3.8) is 0 Å². The van der Waals surface area contributed by atoms with Crippen LogP contribution in [0.2, 0.25) is 0 Å². The molecular formula is C19H22N3O3+. The molecule has 0 aromatic carbocycles. The highest BCUT2D eigenvalue weighted by atomic mass is 16.4. The third-order valence-corrected chi connectivity index (χ3v) is 5.10. The van der Waals surface area contributed by atoms with Gasteiger partial charge >= 0.3 is 0 Å². The minimum atomic E-state index is -0.101. The first kappa shape index (κ1) is 15.9. The van der Waals surface area contributed by atoms with Gasteiger partial charge in [-0.05, 0) is 19.4 Å². The molecule has 3 heterocycles. The number of nitrogens with one attached hydrogen (secondary N) is 1. The molecule has 1 fully saturated rings. The van der Waals surface area contributed by atoms with E-state index >= 15 is 0 Å². The number of carbonyl (C=O) groups is 2. The lowest BCUT2D eigenvalue weighted by atomic mass is 9.94. The van der Waals surface area contributed by atoms with Gasteiger partial charge in [0.2, 0.25) is 0 Å². The molecule has 0 radical (unpaired) electrons. The fourth-order valence-corrected chi connectivity index (χ4v) is 3.73. The molecule has 6 heteroatoms. The van der Waals surface area contributed by atoms with Gasteiger partial charge in [-0.2, -0.15) is 0 Å². The van der Waals surface area contributed by atoms with Gasteiger partial charge in [0.05, 0.1) is 24.8 Å². The number of aromatic amines is 1. The first-order chi connectivity index (χ1) is 12.1. The third-order valence-electron chi connectivity index (χ3n) is 5.10. The Labute approximate surface area is 146 Å². The van der Waals surface area contributed by atoms with Crippen LogP contribution in [0.3, 0.4) is 0 Å². The van der Waals surface area contributed by atoms with E-state index in [1.807, 2.05) is 36.2 Å². The maximum absolute atomic E-state index is 12.9. The van der Waals surface area contributed by atoms with Crippen LogP contribution in [0, 0.1) is 6.92 Å². The monoisotopic (exact) mass is 340 g/mol. The summed E-state index contributed by atoms with van der Waals surface area (Å²) in [6, 6.07) is 5.98. The number of pyridine rings is 1. The molecule has 0 saturated carbocycles. The number of hydrogen-bond acceptors (Lipinski definition) is 4. The largest absolute Gasteiger partial charge is 0.455 e. The molecule has 25 heavy (non-hydrogen) atoms. The van der Waals surface area contributed by atoms with Crippen molar-refractivity contribution >= 4 is 17.5 Å². The van der Waals surface area contributed by atoms with E-state index in [1.54, 1.807) is 0 Å². The zero-order chi connectivity index (χ0) is 17.4. The Hall–Kier alpha value is -2.63. The topological polar surface area (TPSA) is 67.9 Å². The van der Waals surface area contributed by atoms with Crippen LogP contribution in [-0.4, -0.2) is 42.8 Å².